The molecule has 0 spiro atoms. The molecule has 0 saturated heterocycles. The van der Waals surface area contributed by atoms with Gasteiger partial charge in [0.05, 0.1) is 0 Å². The molecule has 1 atom stereocenters. The van der Waals surface area contributed by atoms with Gasteiger partial charge < -0.3 is 14.2 Å². The summed E-state index contributed by atoms with van der Waals surface area (Å²) >= 11 is 0. The molecule has 0 N–H and O–H groups in total. The van der Waals surface area contributed by atoms with E-state index in [1.807, 2.05) is 13.0 Å². The van der Waals surface area contributed by atoms with Crippen LogP contribution in [0.15, 0.2) is 78.9 Å². The number of carbonyl (C=O) groups excluding carboxylic acids is 1. The van der Waals surface area contributed by atoms with Crippen molar-refractivity contribution in [2.75, 3.05) is 6.61 Å². The number of esters is 1. The van der Waals surface area contributed by atoms with Crippen molar-refractivity contribution in [2.45, 2.75) is 25.6 Å². The molecule has 162 valence electrons. The van der Waals surface area contributed by atoms with Crippen molar-refractivity contribution in [2.24, 2.45) is 0 Å². The summed E-state index contributed by atoms with van der Waals surface area (Å²) in [5.41, 5.74) is 0.0710. The average molecular weight is 430 g/mol. The van der Waals surface area contributed by atoms with Crippen LogP contribution in [-0.4, -0.2) is 19.2 Å². The van der Waals surface area contributed by atoms with Crippen LogP contribution in [0.5, 0.6) is 11.5 Å². The Morgan fingerprint density at radius 1 is 0.903 bits per heavy atom. The van der Waals surface area contributed by atoms with Crippen LogP contribution in [0, 0.1) is 5.82 Å². The van der Waals surface area contributed by atoms with Gasteiger partial charge in [0, 0.05) is 11.1 Å². The van der Waals surface area contributed by atoms with E-state index in [0.717, 1.165) is 0 Å². The van der Waals surface area contributed by atoms with E-state index in [4.69, 9.17) is 9.47 Å². The lowest BCUT2D eigenvalue weighted by Gasteiger charge is -2.34. The van der Waals surface area contributed by atoms with Crippen LogP contribution in [0.4, 0.5) is 13.2 Å². The topological polar surface area (TPSA) is 44.8 Å². The van der Waals surface area contributed by atoms with Crippen molar-refractivity contribution in [1.82, 2.24) is 0 Å². The van der Waals surface area contributed by atoms with Crippen LogP contribution in [0.1, 0.15) is 24.5 Å². The quantitative estimate of drug-likeness (QED) is 0.409. The van der Waals surface area contributed by atoms with Gasteiger partial charge in [-0.1, -0.05) is 61.5 Å². The smallest absolute Gasteiger partial charge is 0.387 e. The second-order valence-electron chi connectivity index (χ2n) is 6.64. The number of hydrogen-bond acceptors (Lipinski definition) is 4. The minimum atomic E-state index is -2.94. The van der Waals surface area contributed by atoms with Gasteiger partial charge in [0.2, 0.25) is 0 Å². The lowest BCUT2D eigenvalue weighted by Crippen LogP contribution is -2.35. The molecule has 31 heavy (non-hydrogen) atoms. The van der Waals surface area contributed by atoms with Crippen molar-refractivity contribution in [3.05, 3.63) is 95.8 Å². The molecule has 0 aliphatic carbocycles. The van der Waals surface area contributed by atoms with Crippen LogP contribution in [0.25, 0.3) is 0 Å². The van der Waals surface area contributed by atoms with Crippen LogP contribution in [-0.2, 0) is 15.1 Å². The summed E-state index contributed by atoms with van der Waals surface area (Å²) in [5.74, 6) is -1.36. The molecule has 4 nitrogen and oxygen atoms in total. The van der Waals surface area contributed by atoms with Crippen molar-refractivity contribution < 1.29 is 32.2 Å². The molecule has 3 aromatic carbocycles. The highest BCUT2D eigenvalue weighted by Crippen LogP contribution is 2.38. The Bertz CT molecular complexity index is 993. The van der Waals surface area contributed by atoms with Gasteiger partial charge in [-0.25, -0.2) is 9.18 Å². The zero-order chi connectivity index (χ0) is 22.3. The molecule has 1 unspecified atom stereocenters. The number of alkyl halides is 2. The number of rotatable bonds is 9. The van der Waals surface area contributed by atoms with Gasteiger partial charge in [0.25, 0.3) is 0 Å². The second-order valence-corrected chi connectivity index (χ2v) is 6.64. The van der Waals surface area contributed by atoms with Gasteiger partial charge in [0.15, 0.2) is 23.8 Å². The third-order valence-electron chi connectivity index (χ3n) is 4.75. The van der Waals surface area contributed by atoms with Gasteiger partial charge in [-0.05, 0) is 30.7 Å². The van der Waals surface area contributed by atoms with Crippen LogP contribution < -0.4 is 9.47 Å². The monoisotopic (exact) mass is 430 g/mol. The van der Waals surface area contributed by atoms with E-state index < -0.39 is 30.6 Å². The molecule has 7 heteroatoms. The van der Waals surface area contributed by atoms with Crippen molar-refractivity contribution in [3.8, 4) is 11.5 Å². The predicted octanol–water partition coefficient (Wildman–Crippen LogP) is 5.70. The normalized spacial score (nSPS) is 12.8. The van der Waals surface area contributed by atoms with E-state index in [9.17, 15) is 18.0 Å². The number of para-hydroxylation sites is 1. The predicted molar refractivity (Wildman–Crippen MR) is 109 cm³/mol. The first-order valence-corrected chi connectivity index (χ1v) is 9.64. The molecule has 0 fully saturated rings. The Kier molecular flexibility index (Phi) is 7.18. The Morgan fingerprint density at radius 2 is 1.52 bits per heavy atom. The van der Waals surface area contributed by atoms with Gasteiger partial charge in [-0.2, -0.15) is 8.78 Å². The van der Waals surface area contributed by atoms with Gasteiger partial charge in [-0.3, -0.25) is 0 Å². The van der Waals surface area contributed by atoms with E-state index in [2.05, 4.69) is 4.74 Å². The van der Waals surface area contributed by atoms with E-state index >= 15 is 0 Å². The van der Waals surface area contributed by atoms with Gasteiger partial charge >= 0.3 is 12.6 Å². The molecular weight excluding hydrogens is 409 g/mol. The minimum absolute atomic E-state index is 0.00831. The first-order valence-electron chi connectivity index (χ1n) is 9.64. The first-order chi connectivity index (χ1) is 14.9. The Morgan fingerprint density at radius 3 is 2.13 bits per heavy atom. The lowest BCUT2D eigenvalue weighted by molar-refractivity contribution is -0.159. The molecule has 0 radical (unpaired) electrons. The summed E-state index contributed by atoms with van der Waals surface area (Å²) in [7, 11) is 0. The van der Waals surface area contributed by atoms with Gasteiger partial charge in [-0.15, -0.1) is 0 Å². The lowest BCUT2D eigenvalue weighted by atomic mass is 9.83. The van der Waals surface area contributed by atoms with Crippen molar-refractivity contribution in [1.29, 1.82) is 0 Å². The molecule has 3 rings (SSSR count). The summed E-state index contributed by atoms with van der Waals surface area (Å²) in [6, 6.07) is 20.7. The highest BCUT2D eigenvalue weighted by atomic mass is 19.3. The van der Waals surface area contributed by atoms with Crippen molar-refractivity contribution >= 4 is 5.97 Å². The number of halogens is 3. The molecule has 3 aromatic rings. The number of hydrogen-bond donors (Lipinski definition) is 0. The Labute approximate surface area is 178 Å². The SMILES string of the molecule is CCC(OC(=O)COc1ccccc1F)(c1ccccc1)c1ccc(OC(F)F)cc1. The Hall–Kier alpha value is -3.48. The second kappa shape index (κ2) is 10.0. The highest BCUT2D eigenvalue weighted by Gasteiger charge is 2.37. The Balaban J connectivity index is 1.87. The van der Waals surface area contributed by atoms with Crippen LogP contribution >= 0.6 is 0 Å². The highest BCUT2D eigenvalue weighted by molar-refractivity contribution is 5.72. The zero-order valence-electron chi connectivity index (χ0n) is 16.8. The van der Waals surface area contributed by atoms with Crippen LogP contribution in [0.3, 0.4) is 0 Å². The zero-order valence-corrected chi connectivity index (χ0v) is 16.8. The molecule has 0 aromatic heterocycles. The summed E-state index contributed by atoms with van der Waals surface area (Å²) in [6.45, 7) is -1.60. The summed E-state index contributed by atoms with van der Waals surface area (Å²) in [4.78, 5) is 12.7. The first kappa shape index (κ1) is 22.2. The molecule has 0 amide bonds. The van der Waals surface area contributed by atoms with Crippen molar-refractivity contribution in [3.63, 3.8) is 0 Å². The number of ether oxygens (including phenoxy) is 3. The third kappa shape index (κ3) is 5.36. The minimum Gasteiger partial charge on any atom is -0.479 e. The van der Waals surface area contributed by atoms with E-state index in [0.29, 0.717) is 17.5 Å². The average Bonchev–Trinajstić information content (AvgIpc) is 2.78. The largest absolute Gasteiger partial charge is 0.479 e. The number of carbonyl (C=O) groups is 1. The van der Waals surface area contributed by atoms with Crippen LogP contribution in [0.2, 0.25) is 0 Å². The molecule has 0 bridgehead atoms. The summed E-state index contributed by atoms with van der Waals surface area (Å²) in [5, 5.41) is 0. The molecule has 0 aliphatic heterocycles. The maximum atomic E-state index is 13.8. The third-order valence-corrected chi connectivity index (χ3v) is 4.75. The molecule has 0 heterocycles. The standard InChI is InChI=1S/C24H21F3O4/c1-2-24(17-8-4-3-5-9-17,18-12-14-19(15-13-18)30-23(26)27)31-22(28)16-29-21-11-7-6-10-20(21)25/h3-15,23H,2,16H2,1H3. The summed E-state index contributed by atoms with van der Waals surface area (Å²) < 4.78 is 54.3. The van der Waals surface area contributed by atoms with E-state index in [1.165, 1.54) is 30.3 Å². The van der Waals surface area contributed by atoms with E-state index in [1.54, 1.807) is 42.5 Å². The number of benzene rings is 3. The molecular formula is C24H21F3O4. The maximum absolute atomic E-state index is 13.8. The fourth-order valence-electron chi connectivity index (χ4n) is 3.30. The maximum Gasteiger partial charge on any atom is 0.387 e. The van der Waals surface area contributed by atoms with Gasteiger partial charge in [0.1, 0.15) is 5.75 Å². The molecule has 0 saturated carbocycles. The fraction of sp³-hybridized carbons (Fsp3) is 0.208. The fourth-order valence-corrected chi connectivity index (χ4v) is 3.30. The van der Waals surface area contributed by atoms with E-state index in [-0.39, 0.29) is 11.5 Å². The molecule has 0 aliphatic rings. The summed E-state index contributed by atoms with van der Waals surface area (Å²) in [6.07, 6.45) is 0.359.